The first-order valence-corrected chi connectivity index (χ1v) is 8.03. The molecule has 1 heterocycles. The van der Waals surface area contributed by atoms with Crippen molar-refractivity contribution >= 4 is 11.3 Å². The first-order chi connectivity index (χ1) is 9.63. The summed E-state index contributed by atoms with van der Waals surface area (Å²) >= 11 is 1.82. The van der Waals surface area contributed by atoms with E-state index < -0.39 is 0 Å². The van der Waals surface area contributed by atoms with Crippen molar-refractivity contribution in [2.24, 2.45) is 0 Å². The molecule has 0 bridgehead atoms. The molecule has 0 aliphatic heterocycles. The summed E-state index contributed by atoms with van der Waals surface area (Å²) in [5.74, 6) is 0.940. The molecule has 1 unspecified atom stereocenters. The van der Waals surface area contributed by atoms with Crippen LogP contribution in [0, 0.1) is 0 Å². The largest absolute Gasteiger partial charge is 0.491 e. The van der Waals surface area contributed by atoms with Crippen LogP contribution in [0.2, 0.25) is 0 Å². The summed E-state index contributed by atoms with van der Waals surface area (Å²) < 4.78 is 5.65. The van der Waals surface area contributed by atoms with Gasteiger partial charge < -0.3 is 10.1 Å². The van der Waals surface area contributed by atoms with Crippen molar-refractivity contribution in [2.45, 2.75) is 45.9 Å². The zero-order valence-corrected chi connectivity index (χ0v) is 13.2. The molecule has 3 heteroatoms. The average Bonchev–Trinajstić information content (AvgIpc) is 2.90. The van der Waals surface area contributed by atoms with Gasteiger partial charge in [0, 0.05) is 17.5 Å². The second-order valence-corrected chi connectivity index (χ2v) is 6.41. The number of benzene rings is 1. The molecule has 1 aromatic carbocycles. The van der Waals surface area contributed by atoms with Crippen LogP contribution in [0.25, 0.3) is 0 Å². The third-order valence-electron chi connectivity index (χ3n) is 3.04. The van der Waals surface area contributed by atoms with Crippen molar-refractivity contribution in [3.8, 4) is 5.75 Å². The van der Waals surface area contributed by atoms with Crippen LogP contribution >= 0.6 is 11.3 Å². The van der Waals surface area contributed by atoms with E-state index in [9.17, 15) is 0 Å². The van der Waals surface area contributed by atoms with Gasteiger partial charge in [0.1, 0.15) is 5.75 Å². The van der Waals surface area contributed by atoms with Crippen LogP contribution < -0.4 is 10.1 Å². The van der Waals surface area contributed by atoms with Crippen LogP contribution in [0.5, 0.6) is 5.75 Å². The summed E-state index contributed by atoms with van der Waals surface area (Å²) in [6.45, 7) is 7.22. The van der Waals surface area contributed by atoms with Crippen molar-refractivity contribution in [1.82, 2.24) is 5.32 Å². The van der Waals surface area contributed by atoms with Gasteiger partial charge in [0.05, 0.1) is 6.10 Å². The summed E-state index contributed by atoms with van der Waals surface area (Å²) in [6, 6.07) is 13.1. The Morgan fingerprint density at radius 2 is 1.85 bits per heavy atom. The second-order valence-electron chi connectivity index (χ2n) is 5.38. The molecule has 0 fully saturated rings. The minimum Gasteiger partial charge on any atom is -0.491 e. The van der Waals surface area contributed by atoms with E-state index in [-0.39, 0.29) is 6.10 Å². The number of hydrogen-bond donors (Lipinski definition) is 1. The smallest absolute Gasteiger partial charge is 0.119 e. The van der Waals surface area contributed by atoms with Crippen LogP contribution in [-0.2, 0) is 13.0 Å². The van der Waals surface area contributed by atoms with Gasteiger partial charge in [0.25, 0.3) is 0 Å². The van der Waals surface area contributed by atoms with Crippen molar-refractivity contribution < 1.29 is 4.74 Å². The lowest BCUT2D eigenvalue weighted by atomic mass is 10.1. The summed E-state index contributed by atoms with van der Waals surface area (Å²) in [6.07, 6.45) is 1.32. The lowest BCUT2D eigenvalue weighted by Crippen LogP contribution is -2.27. The SMILES string of the molecule is CC(Cc1cccs1)NCc1ccc(OC(C)C)cc1. The standard InChI is InChI=1S/C17H23NOS/c1-13(2)19-16-8-6-15(7-9-16)12-18-14(3)11-17-5-4-10-20-17/h4-10,13-14,18H,11-12H2,1-3H3. The van der Waals surface area contributed by atoms with Gasteiger partial charge in [-0.1, -0.05) is 18.2 Å². The van der Waals surface area contributed by atoms with Crippen molar-refractivity contribution in [3.05, 3.63) is 52.2 Å². The lowest BCUT2D eigenvalue weighted by Gasteiger charge is -2.14. The van der Waals surface area contributed by atoms with E-state index in [1.165, 1.54) is 10.4 Å². The van der Waals surface area contributed by atoms with Gasteiger partial charge in [-0.05, 0) is 56.3 Å². The van der Waals surface area contributed by atoms with E-state index in [0.717, 1.165) is 18.7 Å². The quantitative estimate of drug-likeness (QED) is 0.822. The Morgan fingerprint density at radius 1 is 1.10 bits per heavy atom. The average molecular weight is 289 g/mol. The maximum Gasteiger partial charge on any atom is 0.119 e. The molecule has 0 saturated carbocycles. The molecule has 1 N–H and O–H groups in total. The molecule has 2 rings (SSSR count). The third kappa shape index (κ3) is 4.99. The molecule has 1 atom stereocenters. The van der Waals surface area contributed by atoms with Gasteiger partial charge in [-0.15, -0.1) is 11.3 Å². The monoisotopic (exact) mass is 289 g/mol. The zero-order chi connectivity index (χ0) is 14.4. The molecule has 0 aliphatic carbocycles. The molecule has 108 valence electrons. The Bertz CT molecular complexity index is 490. The Hall–Kier alpha value is -1.32. The van der Waals surface area contributed by atoms with Crippen molar-refractivity contribution in [3.63, 3.8) is 0 Å². The van der Waals surface area contributed by atoms with Gasteiger partial charge >= 0.3 is 0 Å². The van der Waals surface area contributed by atoms with Crippen LogP contribution in [0.3, 0.4) is 0 Å². The topological polar surface area (TPSA) is 21.3 Å². The normalized spacial score (nSPS) is 12.6. The Labute approximate surface area is 125 Å². The molecule has 0 amide bonds. The predicted octanol–water partition coefficient (Wildman–Crippen LogP) is 4.26. The van der Waals surface area contributed by atoms with Crippen LogP contribution in [-0.4, -0.2) is 12.1 Å². The molecule has 2 aromatic rings. The summed E-state index contributed by atoms with van der Waals surface area (Å²) in [4.78, 5) is 1.44. The lowest BCUT2D eigenvalue weighted by molar-refractivity contribution is 0.242. The molecule has 2 nitrogen and oxygen atoms in total. The van der Waals surface area contributed by atoms with Gasteiger partial charge in [-0.3, -0.25) is 0 Å². The molecule has 20 heavy (non-hydrogen) atoms. The fourth-order valence-corrected chi connectivity index (χ4v) is 2.89. The third-order valence-corrected chi connectivity index (χ3v) is 3.94. The molecule has 0 aliphatic rings. The van der Waals surface area contributed by atoms with Gasteiger partial charge in [-0.2, -0.15) is 0 Å². The summed E-state index contributed by atoms with van der Waals surface area (Å²) in [5, 5.41) is 5.70. The minimum absolute atomic E-state index is 0.227. The predicted molar refractivity (Wildman–Crippen MR) is 86.5 cm³/mol. The van der Waals surface area contributed by atoms with Crippen molar-refractivity contribution in [1.29, 1.82) is 0 Å². The first-order valence-electron chi connectivity index (χ1n) is 7.15. The zero-order valence-electron chi connectivity index (χ0n) is 12.4. The van der Waals surface area contributed by atoms with Crippen LogP contribution in [0.1, 0.15) is 31.2 Å². The van der Waals surface area contributed by atoms with E-state index in [1.54, 1.807) is 0 Å². The van der Waals surface area contributed by atoms with Crippen LogP contribution in [0.4, 0.5) is 0 Å². The number of ether oxygens (including phenoxy) is 1. The molecule has 0 saturated heterocycles. The molecular formula is C17H23NOS. The van der Waals surface area contributed by atoms with Gasteiger partial charge in [-0.25, -0.2) is 0 Å². The van der Waals surface area contributed by atoms with E-state index in [1.807, 2.05) is 37.3 Å². The second kappa shape index (κ2) is 7.46. The minimum atomic E-state index is 0.227. The van der Waals surface area contributed by atoms with Gasteiger partial charge in [0.15, 0.2) is 0 Å². The maximum atomic E-state index is 5.65. The molecular weight excluding hydrogens is 266 g/mol. The fraction of sp³-hybridized carbons (Fsp3) is 0.412. The Balaban J connectivity index is 1.78. The molecule has 1 aromatic heterocycles. The van der Waals surface area contributed by atoms with E-state index in [2.05, 4.69) is 41.9 Å². The Morgan fingerprint density at radius 3 is 2.45 bits per heavy atom. The highest BCUT2D eigenvalue weighted by Crippen LogP contribution is 2.14. The fourth-order valence-electron chi connectivity index (χ4n) is 2.05. The number of hydrogen-bond acceptors (Lipinski definition) is 3. The number of rotatable bonds is 7. The van der Waals surface area contributed by atoms with E-state index >= 15 is 0 Å². The summed E-state index contributed by atoms with van der Waals surface area (Å²) in [7, 11) is 0. The highest BCUT2D eigenvalue weighted by atomic mass is 32.1. The highest BCUT2D eigenvalue weighted by molar-refractivity contribution is 7.09. The summed E-state index contributed by atoms with van der Waals surface area (Å²) in [5.41, 5.74) is 1.29. The highest BCUT2D eigenvalue weighted by Gasteiger charge is 2.04. The van der Waals surface area contributed by atoms with Crippen molar-refractivity contribution in [2.75, 3.05) is 0 Å². The Kier molecular flexibility index (Phi) is 5.62. The van der Waals surface area contributed by atoms with E-state index in [0.29, 0.717) is 6.04 Å². The van der Waals surface area contributed by atoms with Gasteiger partial charge in [0.2, 0.25) is 0 Å². The number of nitrogens with one attached hydrogen (secondary N) is 1. The number of thiophene rings is 1. The van der Waals surface area contributed by atoms with E-state index in [4.69, 9.17) is 4.74 Å². The van der Waals surface area contributed by atoms with Crippen LogP contribution in [0.15, 0.2) is 41.8 Å². The first kappa shape index (κ1) is 15.1. The molecule has 0 spiro atoms. The maximum absolute atomic E-state index is 5.65. The molecule has 0 radical (unpaired) electrons.